The van der Waals surface area contributed by atoms with Crippen LogP contribution < -0.4 is 5.73 Å². The van der Waals surface area contributed by atoms with Crippen molar-refractivity contribution in [3.63, 3.8) is 0 Å². The largest absolute Gasteiger partial charge is 0.479 e. The molecule has 6 nitrogen and oxygen atoms in total. The third-order valence-corrected chi connectivity index (χ3v) is 4.40. The van der Waals surface area contributed by atoms with Crippen LogP contribution in [0.15, 0.2) is 0 Å². The summed E-state index contributed by atoms with van der Waals surface area (Å²) in [5.41, 5.74) is 4.30. The van der Waals surface area contributed by atoms with Crippen molar-refractivity contribution in [2.45, 2.75) is 17.0 Å². The van der Waals surface area contributed by atoms with Crippen LogP contribution in [0, 0.1) is 0 Å². The normalized spacial score (nSPS) is 37.1. The van der Waals surface area contributed by atoms with Gasteiger partial charge in [-0.2, -0.15) is 0 Å². The first kappa shape index (κ1) is 13.6. The summed E-state index contributed by atoms with van der Waals surface area (Å²) in [6.45, 7) is 0.0863. The van der Waals surface area contributed by atoms with Crippen molar-refractivity contribution >= 4 is 36.0 Å². The van der Waals surface area contributed by atoms with Crippen LogP contribution in [-0.2, 0) is 14.3 Å². The summed E-state index contributed by atoms with van der Waals surface area (Å²) in [5.74, 6) is -0.917. The molecule has 0 aromatic carbocycles. The SMILES string of the molecule is COC1(C(=O)O)CS[C@@H]2C(N)C(=O)N2C1.Cl. The number of halogens is 1. The summed E-state index contributed by atoms with van der Waals surface area (Å²) in [6, 6.07) is -0.487. The highest BCUT2D eigenvalue weighted by Crippen LogP contribution is 2.38. The quantitative estimate of drug-likeness (QED) is 0.632. The Morgan fingerprint density at radius 3 is 2.88 bits per heavy atom. The lowest BCUT2D eigenvalue weighted by molar-refractivity contribution is -0.169. The Hall–Kier alpha value is -0.500. The van der Waals surface area contributed by atoms with E-state index in [0.717, 1.165) is 0 Å². The second kappa shape index (κ2) is 4.40. The molecule has 0 aromatic heterocycles. The molecule has 2 aliphatic rings. The molecule has 2 unspecified atom stereocenters. The molecule has 0 radical (unpaired) electrons. The van der Waals surface area contributed by atoms with E-state index in [-0.39, 0.29) is 30.2 Å². The summed E-state index contributed by atoms with van der Waals surface area (Å²) in [7, 11) is 1.35. The molecule has 2 aliphatic heterocycles. The minimum absolute atomic E-state index is 0. The number of nitrogens with two attached hydrogens (primary N) is 1. The van der Waals surface area contributed by atoms with Gasteiger partial charge >= 0.3 is 5.97 Å². The smallest absolute Gasteiger partial charge is 0.338 e. The van der Waals surface area contributed by atoms with Crippen LogP contribution in [0.5, 0.6) is 0 Å². The predicted molar refractivity (Wildman–Crippen MR) is 60.6 cm³/mol. The number of β-lactam (4-membered cyclic amide) rings is 1. The van der Waals surface area contributed by atoms with Crippen LogP contribution in [0.4, 0.5) is 0 Å². The summed E-state index contributed by atoms with van der Waals surface area (Å²) in [4.78, 5) is 23.9. The van der Waals surface area contributed by atoms with E-state index in [0.29, 0.717) is 5.75 Å². The number of nitrogens with zero attached hydrogens (tertiary/aromatic N) is 1. The lowest BCUT2D eigenvalue weighted by atomic mass is 10.00. The van der Waals surface area contributed by atoms with E-state index in [1.165, 1.54) is 23.8 Å². The van der Waals surface area contributed by atoms with Crippen LogP contribution in [0.25, 0.3) is 0 Å². The van der Waals surface area contributed by atoms with Crippen LogP contribution in [0.3, 0.4) is 0 Å². The molecule has 0 spiro atoms. The monoisotopic (exact) mass is 268 g/mol. The number of amides is 1. The molecule has 16 heavy (non-hydrogen) atoms. The lowest BCUT2D eigenvalue weighted by Gasteiger charge is -2.52. The Labute approximate surface area is 103 Å². The van der Waals surface area contributed by atoms with Crippen LogP contribution in [0.2, 0.25) is 0 Å². The number of carboxylic acid groups (broad SMARTS) is 1. The highest BCUT2D eigenvalue weighted by molar-refractivity contribution is 8.00. The Kier molecular flexibility index (Phi) is 3.73. The number of thioether (sulfide) groups is 1. The van der Waals surface area contributed by atoms with Gasteiger partial charge in [0.25, 0.3) is 0 Å². The van der Waals surface area contributed by atoms with E-state index in [2.05, 4.69) is 0 Å². The van der Waals surface area contributed by atoms with Crippen molar-refractivity contribution in [1.82, 2.24) is 4.90 Å². The molecule has 2 fully saturated rings. The summed E-state index contributed by atoms with van der Waals surface area (Å²) < 4.78 is 5.02. The number of hydrogen-bond acceptors (Lipinski definition) is 5. The molecule has 2 heterocycles. The van der Waals surface area contributed by atoms with Crippen LogP contribution in [-0.4, -0.2) is 58.3 Å². The summed E-state index contributed by atoms with van der Waals surface area (Å²) >= 11 is 1.36. The van der Waals surface area contributed by atoms with E-state index < -0.39 is 17.6 Å². The van der Waals surface area contributed by atoms with Gasteiger partial charge in [0, 0.05) is 12.9 Å². The van der Waals surface area contributed by atoms with E-state index in [1.807, 2.05) is 0 Å². The lowest BCUT2D eigenvalue weighted by Crippen LogP contribution is -2.74. The third-order valence-electron chi connectivity index (χ3n) is 2.88. The maximum atomic E-state index is 11.4. The maximum absolute atomic E-state index is 11.4. The van der Waals surface area contributed by atoms with Gasteiger partial charge in [-0.3, -0.25) is 4.79 Å². The van der Waals surface area contributed by atoms with Crippen molar-refractivity contribution < 1.29 is 19.4 Å². The topological polar surface area (TPSA) is 92.9 Å². The van der Waals surface area contributed by atoms with Gasteiger partial charge in [0.2, 0.25) is 5.91 Å². The minimum Gasteiger partial charge on any atom is -0.479 e. The van der Waals surface area contributed by atoms with Crippen molar-refractivity contribution in [3.05, 3.63) is 0 Å². The zero-order chi connectivity index (χ0) is 11.2. The van der Waals surface area contributed by atoms with Crippen molar-refractivity contribution in [1.29, 1.82) is 0 Å². The molecule has 0 aliphatic carbocycles. The molecular weight excluding hydrogens is 256 g/mol. The number of hydrogen-bond donors (Lipinski definition) is 2. The van der Waals surface area contributed by atoms with Crippen LogP contribution >= 0.6 is 24.2 Å². The van der Waals surface area contributed by atoms with Crippen molar-refractivity contribution in [2.75, 3.05) is 19.4 Å². The molecule has 0 bridgehead atoms. The van der Waals surface area contributed by atoms with Gasteiger partial charge in [0.15, 0.2) is 5.60 Å². The van der Waals surface area contributed by atoms with Gasteiger partial charge in [-0.05, 0) is 0 Å². The maximum Gasteiger partial charge on any atom is 0.338 e. The molecule has 92 valence electrons. The molecule has 0 saturated carbocycles. The second-order valence-electron chi connectivity index (χ2n) is 3.70. The Bertz CT molecular complexity index is 329. The van der Waals surface area contributed by atoms with E-state index in [4.69, 9.17) is 15.6 Å². The van der Waals surface area contributed by atoms with Gasteiger partial charge in [-0.1, -0.05) is 0 Å². The molecule has 8 heteroatoms. The number of rotatable bonds is 2. The summed E-state index contributed by atoms with van der Waals surface area (Å²) in [6.07, 6.45) is 0. The van der Waals surface area contributed by atoms with Gasteiger partial charge < -0.3 is 20.5 Å². The van der Waals surface area contributed by atoms with E-state index in [1.54, 1.807) is 0 Å². The van der Waals surface area contributed by atoms with Crippen LogP contribution in [0.1, 0.15) is 0 Å². The average molecular weight is 269 g/mol. The number of methoxy groups -OCH3 is 1. The van der Waals surface area contributed by atoms with Gasteiger partial charge in [0.05, 0.1) is 6.54 Å². The molecular formula is C8H13ClN2O4S. The molecule has 3 atom stereocenters. The predicted octanol–water partition coefficient (Wildman–Crippen LogP) is -0.880. The van der Waals surface area contributed by atoms with E-state index in [9.17, 15) is 9.59 Å². The molecule has 2 rings (SSSR count). The standard InChI is InChI=1S/C8H12N2O4S.ClH/c1-14-8(7(12)13)2-10-5(11)4(9)6(10)15-3-8;/h4,6H,2-3,9H2,1H3,(H,12,13);1H/t4?,6-,8?;/m1./s1. The van der Waals surface area contributed by atoms with Crippen molar-refractivity contribution in [2.24, 2.45) is 5.73 Å². The van der Waals surface area contributed by atoms with E-state index >= 15 is 0 Å². The highest BCUT2D eigenvalue weighted by Gasteiger charge is 2.56. The zero-order valence-corrected chi connectivity index (χ0v) is 10.2. The number of aliphatic carboxylic acids is 1. The van der Waals surface area contributed by atoms with Gasteiger partial charge in [-0.15, -0.1) is 24.2 Å². The fourth-order valence-corrected chi connectivity index (χ4v) is 3.25. The third kappa shape index (κ3) is 1.67. The average Bonchev–Trinajstić information content (AvgIpc) is 2.26. The number of ether oxygens (including phenoxy) is 1. The Morgan fingerprint density at radius 1 is 1.75 bits per heavy atom. The fraction of sp³-hybridized carbons (Fsp3) is 0.750. The fourth-order valence-electron chi connectivity index (χ4n) is 1.79. The number of carboxylic acids is 1. The number of carbonyl (C=O) groups is 2. The molecule has 0 aromatic rings. The van der Waals surface area contributed by atoms with Gasteiger partial charge in [0.1, 0.15) is 11.4 Å². The minimum atomic E-state index is -1.28. The Balaban J connectivity index is 0.00000128. The molecule has 2 saturated heterocycles. The molecule has 1 amide bonds. The first-order valence-corrected chi connectivity index (χ1v) is 5.53. The summed E-state index contributed by atoms with van der Waals surface area (Å²) in [5, 5.41) is 8.98. The second-order valence-corrected chi connectivity index (χ2v) is 4.80. The Morgan fingerprint density at radius 2 is 2.38 bits per heavy atom. The van der Waals surface area contributed by atoms with Gasteiger partial charge in [-0.25, -0.2) is 4.79 Å². The first-order valence-electron chi connectivity index (χ1n) is 4.48. The zero-order valence-electron chi connectivity index (χ0n) is 8.58. The number of fused-ring (bicyclic) bond motifs is 1. The molecule has 3 N–H and O–H groups in total. The number of carbonyl (C=O) groups excluding carboxylic acids is 1. The highest BCUT2D eigenvalue weighted by atomic mass is 35.5. The van der Waals surface area contributed by atoms with Crippen molar-refractivity contribution in [3.8, 4) is 0 Å². The first-order chi connectivity index (χ1) is 7.02.